The Morgan fingerprint density at radius 1 is 0.906 bits per heavy atom. The Morgan fingerprint density at radius 2 is 1.72 bits per heavy atom. The molecule has 0 bridgehead atoms. The first kappa shape index (κ1) is 21.2. The van der Waals surface area contributed by atoms with Crippen LogP contribution in [0.25, 0.3) is 0 Å². The third-order valence-corrected chi connectivity index (χ3v) is 5.06. The molecule has 0 spiro atoms. The molecule has 0 aliphatic carbocycles. The number of nitrogens with zero attached hydrogens (tertiary/aromatic N) is 3. The zero-order chi connectivity index (χ0) is 22.6. The fourth-order valence-electron chi connectivity index (χ4n) is 2.68. The first-order valence-corrected chi connectivity index (χ1v) is 10.8. The van der Waals surface area contributed by atoms with Crippen LogP contribution in [0, 0.1) is 5.82 Å². The van der Waals surface area contributed by atoms with Gasteiger partial charge in [0.15, 0.2) is 11.6 Å². The van der Waals surface area contributed by atoms with Gasteiger partial charge in [0.25, 0.3) is 0 Å². The highest BCUT2D eigenvalue weighted by atomic mass is 32.2. The van der Waals surface area contributed by atoms with Gasteiger partial charge in [-0.25, -0.2) is 22.9 Å². The van der Waals surface area contributed by atoms with Crippen LogP contribution in [-0.2, 0) is 10.0 Å². The van der Waals surface area contributed by atoms with E-state index in [4.69, 9.17) is 9.88 Å². The van der Waals surface area contributed by atoms with Crippen LogP contribution in [0.3, 0.4) is 0 Å². The molecule has 0 aliphatic rings. The molecular formula is C21H17FN6O3S. The molecule has 162 valence electrons. The summed E-state index contributed by atoms with van der Waals surface area (Å²) >= 11 is 0. The smallest absolute Gasteiger partial charge is 0.238 e. The summed E-state index contributed by atoms with van der Waals surface area (Å²) in [5, 5.41) is 10.9. The van der Waals surface area contributed by atoms with E-state index >= 15 is 0 Å². The lowest BCUT2D eigenvalue weighted by Crippen LogP contribution is -2.12. The molecule has 11 heteroatoms. The van der Waals surface area contributed by atoms with E-state index in [1.807, 2.05) is 0 Å². The van der Waals surface area contributed by atoms with Crippen molar-refractivity contribution in [2.75, 3.05) is 10.6 Å². The lowest BCUT2D eigenvalue weighted by atomic mass is 10.3. The van der Waals surface area contributed by atoms with Crippen LogP contribution in [0.4, 0.5) is 27.5 Å². The van der Waals surface area contributed by atoms with Crippen molar-refractivity contribution in [3.8, 4) is 11.5 Å². The SMILES string of the molecule is NS(=O)(=O)c1cccc(Nc2ncc(F)c(Nc3ccc(Oc4cccnc4)cc3)n2)c1. The summed E-state index contributed by atoms with van der Waals surface area (Å²) in [5.74, 6) is 0.522. The van der Waals surface area contributed by atoms with Crippen LogP contribution < -0.4 is 20.5 Å². The van der Waals surface area contributed by atoms with Crippen LogP contribution >= 0.6 is 0 Å². The van der Waals surface area contributed by atoms with Gasteiger partial charge in [0.1, 0.15) is 11.5 Å². The van der Waals surface area contributed by atoms with Gasteiger partial charge in [0.05, 0.1) is 17.3 Å². The molecule has 0 atom stereocenters. The number of nitrogens with one attached hydrogen (secondary N) is 2. The van der Waals surface area contributed by atoms with Crippen LogP contribution in [0.2, 0.25) is 0 Å². The highest BCUT2D eigenvalue weighted by Crippen LogP contribution is 2.25. The first-order valence-electron chi connectivity index (χ1n) is 9.24. The van der Waals surface area contributed by atoms with E-state index in [2.05, 4.69) is 25.6 Å². The highest BCUT2D eigenvalue weighted by Gasteiger charge is 2.11. The molecule has 0 saturated heterocycles. The molecule has 0 saturated carbocycles. The summed E-state index contributed by atoms with van der Waals surface area (Å²) in [6.45, 7) is 0. The van der Waals surface area contributed by atoms with Crippen LogP contribution in [0.15, 0.2) is 84.1 Å². The van der Waals surface area contributed by atoms with Gasteiger partial charge in [0, 0.05) is 17.6 Å². The first-order chi connectivity index (χ1) is 15.4. The van der Waals surface area contributed by atoms with Gasteiger partial charge in [-0.1, -0.05) is 6.07 Å². The molecule has 4 rings (SSSR count). The number of sulfonamides is 1. The monoisotopic (exact) mass is 452 g/mol. The molecule has 0 unspecified atom stereocenters. The maximum absolute atomic E-state index is 14.2. The maximum atomic E-state index is 14.2. The fourth-order valence-corrected chi connectivity index (χ4v) is 3.24. The van der Waals surface area contributed by atoms with E-state index < -0.39 is 15.8 Å². The topological polar surface area (TPSA) is 132 Å². The summed E-state index contributed by atoms with van der Waals surface area (Å²) in [4.78, 5) is 11.9. The van der Waals surface area contributed by atoms with Crippen molar-refractivity contribution in [3.63, 3.8) is 0 Å². The second-order valence-corrected chi connectivity index (χ2v) is 8.09. The number of rotatable bonds is 7. The summed E-state index contributed by atoms with van der Waals surface area (Å²) in [5.41, 5.74) is 0.953. The number of hydrogen-bond acceptors (Lipinski definition) is 8. The number of pyridine rings is 1. The number of aromatic nitrogens is 3. The maximum Gasteiger partial charge on any atom is 0.238 e. The molecule has 32 heavy (non-hydrogen) atoms. The third-order valence-electron chi connectivity index (χ3n) is 4.15. The summed E-state index contributed by atoms with van der Waals surface area (Å²) in [7, 11) is -3.86. The number of hydrogen-bond donors (Lipinski definition) is 3. The fraction of sp³-hybridized carbons (Fsp3) is 0. The molecule has 2 aromatic heterocycles. The van der Waals surface area contributed by atoms with Crippen molar-refractivity contribution in [2.45, 2.75) is 4.90 Å². The number of nitrogens with two attached hydrogens (primary N) is 1. The highest BCUT2D eigenvalue weighted by molar-refractivity contribution is 7.89. The van der Waals surface area contributed by atoms with Gasteiger partial charge in [-0.2, -0.15) is 4.98 Å². The lowest BCUT2D eigenvalue weighted by molar-refractivity contribution is 0.480. The second-order valence-electron chi connectivity index (χ2n) is 6.53. The quantitative estimate of drug-likeness (QED) is 0.384. The Morgan fingerprint density at radius 3 is 2.44 bits per heavy atom. The van der Waals surface area contributed by atoms with Crippen LogP contribution in [-0.4, -0.2) is 23.4 Å². The van der Waals surface area contributed by atoms with E-state index in [0.29, 0.717) is 22.9 Å². The van der Waals surface area contributed by atoms with Gasteiger partial charge in [-0.05, 0) is 54.6 Å². The van der Waals surface area contributed by atoms with Gasteiger partial charge in [0.2, 0.25) is 16.0 Å². The minimum absolute atomic E-state index is 0.0639. The van der Waals surface area contributed by atoms with E-state index in [1.165, 1.54) is 18.2 Å². The van der Waals surface area contributed by atoms with E-state index in [0.717, 1.165) is 6.20 Å². The molecule has 4 aromatic rings. The van der Waals surface area contributed by atoms with Gasteiger partial charge in [-0.3, -0.25) is 4.98 Å². The van der Waals surface area contributed by atoms with E-state index in [9.17, 15) is 12.8 Å². The normalized spacial score (nSPS) is 11.1. The van der Waals surface area contributed by atoms with Crippen molar-refractivity contribution in [1.29, 1.82) is 0 Å². The minimum Gasteiger partial charge on any atom is -0.456 e. The molecule has 9 nitrogen and oxygen atoms in total. The Bertz CT molecular complexity index is 1340. The van der Waals surface area contributed by atoms with Crippen molar-refractivity contribution >= 4 is 33.2 Å². The standard InChI is InChI=1S/C21H17FN6O3S/c22-19-13-25-21(27-15-3-1-5-18(11-15)32(23,29)30)28-20(19)26-14-6-8-16(9-7-14)31-17-4-2-10-24-12-17/h1-13H,(H2,23,29,30)(H2,25,26,27,28). The average molecular weight is 452 g/mol. The van der Waals surface area contributed by atoms with Crippen molar-refractivity contribution < 1.29 is 17.5 Å². The number of halogens is 1. The summed E-state index contributed by atoms with van der Waals surface area (Å²) in [6, 6.07) is 16.2. The molecule has 0 aliphatic heterocycles. The minimum atomic E-state index is -3.86. The zero-order valence-electron chi connectivity index (χ0n) is 16.4. The Labute approximate surface area is 183 Å². The number of anilines is 4. The Kier molecular flexibility index (Phi) is 5.92. The van der Waals surface area contributed by atoms with Crippen molar-refractivity contribution in [3.05, 3.63) is 85.1 Å². The second kappa shape index (κ2) is 8.96. The predicted octanol–water partition coefficient (Wildman–Crippen LogP) is 3.94. The zero-order valence-corrected chi connectivity index (χ0v) is 17.3. The van der Waals surface area contributed by atoms with E-state index in [-0.39, 0.29) is 16.7 Å². The van der Waals surface area contributed by atoms with E-state index in [1.54, 1.807) is 54.9 Å². The molecule has 2 aromatic carbocycles. The third kappa shape index (κ3) is 5.33. The largest absolute Gasteiger partial charge is 0.456 e. The number of ether oxygens (including phenoxy) is 1. The molecule has 4 N–H and O–H groups in total. The summed E-state index contributed by atoms with van der Waals surface area (Å²) < 4.78 is 42.9. The van der Waals surface area contributed by atoms with Crippen LogP contribution in [0.5, 0.6) is 11.5 Å². The van der Waals surface area contributed by atoms with Gasteiger partial charge < -0.3 is 15.4 Å². The van der Waals surface area contributed by atoms with Gasteiger partial charge >= 0.3 is 0 Å². The number of benzene rings is 2. The molecule has 0 radical (unpaired) electrons. The molecule has 0 fully saturated rings. The Hall–Kier alpha value is -4.09. The molecular weight excluding hydrogens is 435 g/mol. The Balaban J connectivity index is 1.48. The lowest BCUT2D eigenvalue weighted by Gasteiger charge is -2.11. The van der Waals surface area contributed by atoms with Crippen LogP contribution in [0.1, 0.15) is 0 Å². The molecule has 0 amide bonds. The summed E-state index contributed by atoms with van der Waals surface area (Å²) in [6.07, 6.45) is 4.24. The number of primary sulfonamides is 1. The van der Waals surface area contributed by atoms with Gasteiger partial charge in [-0.15, -0.1) is 0 Å². The average Bonchev–Trinajstić information content (AvgIpc) is 2.78. The predicted molar refractivity (Wildman–Crippen MR) is 117 cm³/mol. The van der Waals surface area contributed by atoms with Crippen molar-refractivity contribution in [1.82, 2.24) is 15.0 Å². The molecule has 2 heterocycles. The van der Waals surface area contributed by atoms with Crippen molar-refractivity contribution in [2.24, 2.45) is 5.14 Å².